The molecule has 2 nitrogen and oxygen atoms in total. The number of aliphatic imine (C=N–C) groups is 1. The van der Waals surface area contributed by atoms with Crippen molar-refractivity contribution in [3.05, 3.63) is 0 Å². The van der Waals surface area contributed by atoms with E-state index in [0.29, 0.717) is 0 Å². The predicted molar refractivity (Wildman–Crippen MR) is 15.2 cm³/mol. The molecule has 4 heavy (non-hydrogen) atoms. The molecule has 0 aromatic rings. The third kappa shape index (κ3) is 1.16. The molecule has 0 atom stereocenters. The molecule has 0 saturated carbocycles. The van der Waals surface area contributed by atoms with Crippen LogP contribution in [0.5, 0.6) is 0 Å². The number of nitriles is 1. The van der Waals surface area contributed by atoms with Crippen molar-refractivity contribution in [2.45, 2.75) is 0 Å². The van der Waals surface area contributed by atoms with Gasteiger partial charge in [-0.25, -0.2) is 0 Å². The molecule has 0 aliphatic rings. The summed E-state index contributed by atoms with van der Waals surface area (Å²) in [6.45, 7) is 2.87. The van der Waals surface area contributed by atoms with Gasteiger partial charge in [-0.15, -0.1) is 0 Å². The first kappa shape index (κ1) is 3.16. The molecule has 0 amide bonds. The Morgan fingerprint density at radius 2 is 2.25 bits per heavy atom. The van der Waals surface area contributed by atoms with Gasteiger partial charge in [0, 0.05) is 6.72 Å². The lowest BCUT2D eigenvalue weighted by Crippen LogP contribution is -1.28. The van der Waals surface area contributed by atoms with Crippen LogP contribution in [0.25, 0.3) is 0 Å². The summed E-state index contributed by atoms with van der Waals surface area (Å²) in [5.41, 5.74) is 0. The lowest BCUT2D eigenvalue weighted by atomic mass is 11.4. The van der Waals surface area contributed by atoms with Crippen LogP contribution in [0.15, 0.2) is 4.99 Å². The van der Waals surface area contributed by atoms with E-state index >= 15 is 0 Å². The van der Waals surface area contributed by atoms with Crippen molar-refractivity contribution in [2.24, 2.45) is 4.99 Å². The van der Waals surface area contributed by atoms with E-state index in [2.05, 4.69) is 11.7 Å². The van der Waals surface area contributed by atoms with Gasteiger partial charge in [-0.1, -0.05) is 0 Å². The van der Waals surface area contributed by atoms with Gasteiger partial charge in [0.1, 0.15) is 0 Å². The lowest BCUT2D eigenvalue weighted by Gasteiger charge is -1.35. The molecule has 0 unspecified atom stereocenters. The van der Waals surface area contributed by atoms with Crippen molar-refractivity contribution in [1.82, 2.24) is 0 Å². The van der Waals surface area contributed by atoms with E-state index in [0.717, 1.165) is 0 Å². The average molecular weight is 54.1 g/mol. The molecule has 0 aromatic carbocycles. The molecule has 20 valence electrons. The Morgan fingerprint density at radius 3 is 2.25 bits per heavy atom. The van der Waals surface area contributed by atoms with E-state index in [-0.39, 0.29) is 0 Å². The van der Waals surface area contributed by atoms with Crippen molar-refractivity contribution in [1.29, 1.82) is 5.26 Å². The van der Waals surface area contributed by atoms with E-state index in [4.69, 9.17) is 5.26 Å². The minimum Gasteiger partial charge on any atom is -0.190 e. The van der Waals surface area contributed by atoms with E-state index in [1.54, 1.807) is 0 Å². The Hall–Kier alpha value is -0.840. The quantitative estimate of drug-likeness (QED) is 0.287. The molecule has 0 saturated heterocycles. The lowest BCUT2D eigenvalue weighted by molar-refractivity contribution is 1.46. The smallest absolute Gasteiger partial charge is 0.190 e. The fraction of sp³-hybridized carbons (Fsp3) is 0. The van der Waals surface area contributed by atoms with Gasteiger partial charge in [0.2, 0.25) is 6.19 Å². The maximum atomic E-state index is 7.40. The zero-order valence-electron chi connectivity index (χ0n) is 2.10. The average Bonchev–Trinajstić information content (AvgIpc) is 1.37. The van der Waals surface area contributed by atoms with Crippen LogP contribution >= 0.6 is 0 Å². The summed E-state index contributed by atoms with van der Waals surface area (Å²) in [6.07, 6.45) is 1.44. The predicted octanol–water partition coefficient (Wildman–Crippen LogP) is 0.168. The highest BCUT2D eigenvalue weighted by Crippen LogP contribution is 1.37. The summed E-state index contributed by atoms with van der Waals surface area (Å²) in [5, 5.41) is 7.40. The second-order valence-corrected chi connectivity index (χ2v) is 0.258. The topological polar surface area (TPSA) is 36.1 Å². The Balaban J connectivity index is 2.92. The number of nitrogens with zero attached hydrogens (tertiary/aromatic N) is 2. The largest absolute Gasteiger partial charge is 0.205 e. The highest BCUT2D eigenvalue weighted by molar-refractivity contribution is 5.25. The third-order valence-corrected chi connectivity index (χ3v) is 0.0707. The van der Waals surface area contributed by atoms with Crippen molar-refractivity contribution in [3.63, 3.8) is 0 Å². The van der Waals surface area contributed by atoms with Crippen molar-refractivity contribution in [2.75, 3.05) is 0 Å². The Labute approximate surface area is 24.4 Å². The molecule has 0 aromatic heterocycles. The molecular formula is C2H2N2. The first-order valence-electron chi connectivity index (χ1n) is 0.763. The van der Waals surface area contributed by atoms with Gasteiger partial charge in [-0.2, -0.15) is 10.3 Å². The summed E-state index contributed by atoms with van der Waals surface area (Å²) in [4.78, 5) is 2.79. The van der Waals surface area contributed by atoms with E-state index in [1.807, 2.05) is 0 Å². The minimum absolute atomic E-state index is 1.44. The summed E-state index contributed by atoms with van der Waals surface area (Å²) < 4.78 is 0. The normalized spacial score (nSPS) is 3.75. The van der Waals surface area contributed by atoms with Crippen LogP contribution < -0.4 is 0 Å². The second kappa shape index (κ2) is 2.16. The fourth-order valence-corrected chi connectivity index (χ4v) is 0. The third-order valence-electron chi connectivity index (χ3n) is 0.0707. The van der Waals surface area contributed by atoms with Gasteiger partial charge in [0.05, 0.1) is 0 Å². The summed E-state index contributed by atoms with van der Waals surface area (Å²) >= 11 is 0. The van der Waals surface area contributed by atoms with Crippen LogP contribution in [0.2, 0.25) is 0 Å². The first-order valence-corrected chi connectivity index (χ1v) is 0.763. The Kier molecular flexibility index (Phi) is 1.71. The van der Waals surface area contributed by atoms with Gasteiger partial charge >= 0.3 is 0 Å². The zero-order chi connectivity index (χ0) is 3.41. The van der Waals surface area contributed by atoms with Gasteiger partial charge in [-0.3, -0.25) is 0 Å². The SMILES string of the molecule is C=NC#N. The van der Waals surface area contributed by atoms with Gasteiger partial charge in [0.15, 0.2) is 0 Å². The fourth-order valence-electron chi connectivity index (χ4n) is 0. The van der Waals surface area contributed by atoms with Gasteiger partial charge in [0.25, 0.3) is 0 Å². The maximum Gasteiger partial charge on any atom is 0.205 e. The molecule has 0 aliphatic carbocycles. The van der Waals surface area contributed by atoms with E-state index in [9.17, 15) is 0 Å². The molecule has 0 spiro atoms. The van der Waals surface area contributed by atoms with Gasteiger partial charge < -0.3 is 0 Å². The summed E-state index contributed by atoms with van der Waals surface area (Å²) in [7, 11) is 0. The van der Waals surface area contributed by atoms with Crippen LogP contribution in [0, 0.1) is 11.5 Å². The minimum atomic E-state index is 1.44. The molecule has 0 heterocycles. The second-order valence-electron chi connectivity index (χ2n) is 0.258. The Bertz CT molecular complexity index is 49.5. The van der Waals surface area contributed by atoms with Crippen molar-refractivity contribution < 1.29 is 0 Å². The molecular weight excluding hydrogens is 52.0 g/mol. The molecule has 0 fully saturated rings. The molecule has 0 N–H and O–H groups in total. The molecule has 0 rings (SSSR count). The molecule has 0 radical (unpaired) electrons. The highest BCUT2D eigenvalue weighted by Gasteiger charge is 1.32. The molecule has 2 heteroatoms. The van der Waals surface area contributed by atoms with Gasteiger partial charge in [-0.05, 0) is 0 Å². The standard InChI is InChI=1S/C2H2N2/c1-4-2-3/h1H2. The van der Waals surface area contributed by atoms with Crippen molar-refractivity contribution >= 4 is 6.72 Å². The number of rotatable bonds is 0. The number of hydrogen-bond donors (Lipinski definition) is 0. The van der Waals surface area contributed by atoms with Crippen molar-refractivity contribution in [3.8, 4) is 6.19 Å². The number of hydrogen-bond acceptors (Lipinski definition) is 2. The zero-order valence-corrected chi connectivity index (χ0v) is 2.10. The summed E-state index contributed by atoms with van der Waals surface area (Å²) in [5.74, 6) is 0. The Morgan fingerprint density at radius 1 is 2.00 bits per heavy atom. The van der Waals surface area contributed by atoms with E-state index < -0.39 is 0 Å². The molecule has 0 aliphatic heterocycles. The van der Waals surface area contributed by atoms with Crippen LogP contribution in [0.1, 0.15) is 0 Å². The van der Waals surface area contributed by atoms with Crippen LogP contribution in [0.4, 0.5) is 0 Å². The summed E-state index contributed by atoms with van der Waals surface area (Å²) in [6, 6.07) is 0. The first-order chi connectivity index (χ1) is 1.91. The highest BCUT2D eigenvalue weighted by atomic mass is 14.7. The monoisotopic (exact) mass is 54.0 g/mol. The van der Waals surface area contributed by atoms with Crippen LogP contribution in [-0.4, -0.2) is 6.72 Å². The molecule has 0 bridgehead atoms. The maximum absolute atomic E-state index is 7.40. The van der Waals surface area contributed by atoms with Crippen LogP contribution in [0.3, 0.4) is 0 Å². The van der Waals surface area contributed by atoms with Crippen LogP contribution in [-0.2, 0) is 0 Å². The van der Waals surface area contributed by atoms with E-state index in [1.165, 1.54) is 6.19 Å².